The Kier molecular flexibility index (Phi) is 2.04. The predicted molar refractivity (Wildman–Crippen MR) is 56.5 cm³/mol. The highest BCUT2D eigenvalue weighted by atomic mass is 32.1. The lowest BCUT2D eigenvalue weighted by atomic mass is 10.3. The molecule has 1 heterocycles. The first-order valence-electron chi connectivity index (χ1n) is 4.50. The summed E-state index contributed by atoms with van der Waals surface area (Å²) >= 11 is 1.78. The molecule has 0 bridgehead atoms. The van der Waals surface area contributed by atoms with Crippen molar-refractivity contribution >= 4 is 16.5 Å². The molecule has 2 atom stereocenters. The summed E-state index contributed by atoms with van der Waals surface area (Å²) in [6, 6.07) is 0.383. The number of hydrogen-bond acceptors (Lipinski definition) is 4. The quantitative estimate of drug-likeness (QED) is 0.777. The maximum absolute atomic E-state index is 5.82. The SMILES string of the molecule is Cc1nc(N(C)C)sc1C1CC1N. The number of aryl methyl sites for hydroxylation is 1. The number of hydrogen-bond donors (Lipinski definition) is 1. The van der Waals surface area contributed by atoms with Crippen molar-refractivity contribution < 1.29 is 0 Å². The molecule has 0 aromatic carbocycles. The Labute approximate surface area is 82.6 Å². The van der Waals surface area contributed by atoms with E-state index < -0.39 is 0 Å². The van der Waals surface area contributed by atoms with Crippen LogP contribution in [0.1, 0.15) is 22.9 Å². The smallest absolute Gasteiger partial charge is 0.185 e. The minimum Gasteiger partial charge on any atom is -0.354 e. The zero-order chi connectivity index (χ0) is 9.59. The third kappa shape index (κ3) is 1.56. The minimum absolute atomic E-state index is 0.383. The number of nitrogens with zero attached hydrogens (tertiary/aromatic N) is 2. The molecule has 2 rings (SSSR count). The van der Waals surface area contributed by atoms with Crippen molar-refractivity contribution in [3.05, 3.63) is 10.6 Å². The Balaban J connectivity index is 2.26. The van der Waals surface area contributed by atoms with Crippen LogP contribution in [0.2, 0.25) is 0 Å². The van der Waals surface area contributed by atoms with Crippen molar-refractivity contribution in [1.82, 2.24) is 4.98 Å². The van der Waals surface area contributed by atoms with Gasteiger partial charge in [-0.3, -0.25) is 0 Å². The third-order valence-corrected chi connectivity index (χ3v) is 3.84. The number of aromatic nitrogens is 1. The van der Waals surface area contributed by atoms with E-state index in [4.69, 9.17) is 5.73 Å². The topological polar surface area (TPSA) is 42.2 Å². The van der Waals surface area contributed by atoms with Crippen molar-refractivity contribution in [2.45, 2.75) is 25.3 Å². The first-order chi connectivity index (χ1) is 6.09. The number of anilines is 1. The lowest BCUT2D eigenvalue weighted by molar-refractivity contribution is 0.988. The summed E-state index contributed by atoms with van der Waals surface area (Å²) in [5.74, 6) is 0.589. The highest BCUT2D eigenvalue weighted by Crippen LogP contribution is 2.44. The van der Waals surface area contributed by atoms with Crippen LogP contribution in [0, 0.1) is 6.92 Å². The van der Waals surface area contributed by atoms with Crippen LogP contribution in [0.15, 0.2) is 0 Å². The molecule has 2 N–H and O–H groups in total. The van der Waals surface area contributed by atoms with E-state index in [1.165, 1.54) is 4.88 Å². The molecule has 1 saturated carbocycles. The highest BCUT2D eigenvalue weighted by Gasteiger charge is 2.37. The van der Waals surface area contributed by atoms with Gasteiger partial charge in [0.2, 0.25) is 0 Å². The first kappa shape index (κ1) is 8.97. The van der Waals surface area contributed by atoms with Crippen molar-refractivity contribution in [3.63, 3.8) is 0 Å². The van der Waals surface area contributed by atoms with Gasteiger partial charge in [0, 0.05) is 30.9 Å². The van der Waals surface area contributed by atoms with Gasteiger partial charge >= 0.3 is 0 Å². The summed E-state index contributed by atoms with van der Waals surface area (Å²) in [5, 5.41) is 1.09. The van der Waals surface area contributed by atoms with Gasteiger partial charge in [-0.15, -0.1) is 11.3 Å². The summed E-state index contributed by atoms with van der Waals surface area (Å²) < 4.78 is 0. The van der Waals surface area contributed by atoms with Gasteiger partial charge < -0.3 is 10.6 Å². The minimum atomic E-state index is 0.383. The van der Waals surface area contributed by atoms with Gasteiger partial charge in [-0.05, 0) is 13.3 Å². The standard InChI is InChI=1S/C9H15N3S/c1-5-8(6-4-7(6)10)13-9(11-5)12(2)3/h6-7H,4,10H2,1-3H3. The second-order valence-corrected chi connectivity index (χ2v) is 4.86. The van der Waals surface area contributed by atoms with Crippen LogP contribution in [-0.2, 0) is 0 Å². The van der Waals surface area contributed by atoms with Gasteiger partial charge in [0.1, 0.15) is 0 Å². The summed E-state index contributed by atoms with van der Waals surface area (Å²) in [6.07, 6.45) is 1.13. The number of thiazole rings is 1. The summed E-state index contributed by atoms with van der Waals surface area (Å²) in [6.45, 7) is 2.07. The zero-order valence-electron chi connectivity index (χ0n) is 8.24. The molecule has 0 aliphatic heterocycles. The van der Waals surface area contributed by atoms with Crippen molar-refractivity contribution in [2.24, 2.45) is 5.73 Å². The maximum Gasteiger partial charge on any atom is 0.185 e. The first-order valence-corrected chi connectivity index (χ1v) is 5.31. The molecule has 72 valence electrons. The van der Waals surface area contributed by atoms with Crippen LogP contribution < -0.4 is 10.6 Å². The fourth-order valence-corrected chi connectivity index (χ4v) is 2.62. The molecule has 4 heteroatoms. The van der Waals surface area contributed by atoms with E-state index in [0.29, 0.717) is 12.0 Å². The van der Waals surface area contributed by atoms with Gasteiger partial charge in [0.25, 0.3) is 0 Å². The van der Waals surface area contributed by atoms with Crippen LogP contribution in [0.4, 0.5) is 5.13 Å². The van der Waals surface area contributed by atoms with Crippen molar-refractivity contribution in [3.8, 4) is 0 Å². The van der Waals surface area contributed by atoms with Crippen LogP contribution in [0.5, 0.6) is 0 Å². The van der Waals surface area contributed by atoms with Crippen LogP contribution in [0.3, 0.4) is 0 Å². The molecular formula is C9H15N3S. The molecule has 2 unspecified atom stereocenters. The molecular weight excluding hydrogens is 182 g/mol. The second kappa shape index (κ2) is 2.96. The number of nitrogens with two attached hydrogens (primary N) is 1. The van der Waals surface area contributed by atoms with Crippen molar-refractivity contribution in [1.29, 1.82) is 0 Å². The van der Waals surface area contributed by atoms with E-state index in [1.807, 2.05) is 14.1 Å². The molecule has 0 saturated heterocycles. The van der Waals surface area contributed by atoms with Gasteiger partial charge in [-0.1, -0.05) is 0 Å². The second-order valence-electron chi connectivity index (χ2n) is 3.85. The van der Waals surface area contributed by atoms with Crippen LogP contribution >= 0.6 is 11.3 Å². The van der Waals surface area contributed by atoms with E-state index in [0.717, 1.165) is 17.2 Å². The Morgan fingerprint density at radius 2 is 2.15 bits per heavy atom. The average Bonchev–Trinajstić information content (AvgIpc) is 2.60. The van der Waals surface area contributed by atoms with Gasteiger partial charge in [-0.25, -0.2) is 4.98 Å². The van der Waals surface area contributed by atoms with E-state index in [2.05, 4.69) is 16.8 Å². The van der Waals surface area contributed by atoms with Crippen LogP contribution in [0.25, 0.3) is 0 Å². The van der Waals surface area contributed by atoms with Crippen molar-refractivity contribution in [2.75, 3.05) is 19.0 Å². The molecule has 0 spiro atoms. The molecule has 3 nitrogen and oxygen atoms in total. The average molecular weight is 197 g/mol. The molecule has 13 heavy (non-hydrogen) atoms. The molecule has 1 aliphatic carbocycles. The summed E-state index contributed by atoms with van der Waals surface area (Å²) in [5.41, 5.74) is 6.98. The molecule has 1 aromatic rings. The monoisotopic (exact) mass is 197 g/mol. The highest BCUT2D eigenvalue weighted by molar-refractivity contribution is 7.15. The van der Waals surface area contributed by atoms with Gasteiger partial charge in [0.05, 0.1) is 5.69 Å². The molecule has 1 aromatic heterocycles. The zero-order valence-corrected chi connectivity index (χ0v) is 9.06. The Bertz CT molecular complexity index is 319. The summed E-state index contributed by atoms with van der Waals surface area (Å²) in [7, 11) is 4.05. The third-order valence-electron chi connectivity index (χ3n) is 2.38. The van der Waals surface area contributed by atoms with E-state index >= 15 is 0 Å². The van der Waals surface area contributed by atoms with E-state index in [1.54, 1.807) is 11.3 Å². The molecule has 1 aliphatic rings. The van der Waals surface area contributed by atoms with E-state index in [-0.39, 0.29) is 0 Å². The fraction of sp³-hybridized carbons (Fsp3) is 0.667. The predicted octanol–water partition coefficient (Wildman–Crippen LogP) is 1.33. The van der Waals surface area contributed by atoms with Gasteiger partial charge in [0.15, 0.2) is 5.13 Å². The van der Waals surface area contributed by atoms with E-state index in [9.17, 15) is 0 Å². The number of rotatable bonds is 2. The largest absolute Gasteiger partial charge is 0.354 e. The Hall–Kier alpha value is -0.610. The fourth-order valence-electron chi connectivity index (χ4n) is 1.44. The molecule has 1 fully saturated rings. The van der Waals surface area contributed by atoms with Crippen LogP contribution in [-0.4, -0.2) is 25.1 Å². The molecule has 0 radical (unpaired) electrons. The van der Waals surface area contributed by atoms with Gasteiger partial charge in [-0.2, -0.15) is 0 Å². The Morgan fingerprint density at radius 3 is 2.54 bits per heavy atom. The Morgan fingerprint density at radius 1 is 1.54 bits per heavy atom. The summed E-state index contributed by atoms with van der Waals surface area (Å²) in [4.78, 5) is 7.93. The lowest BCUT2D eigenvalue weighted by Crippen LogP contribution is -2.07. The lowest BCUT2D eigenvalue weighted by Gasteiger charge is -2.05. The molecule has 0 amide bonds. The normalized spacial score (nSPS) is 26.2. The maximum atomic E-state index is 5.82.